The van der Waals surface area contributed by atoms with Crippen molar-refractivity contribution in [3.63, 3.8) is 0 Å². The molecule has 31 heavy (non-hydrogen) atoms. The van der Waals surface area contributed by atoms with Gasteiger partial charge in [0.2, 0.25) is 0 Å². The quantitative estimate of drug-likeness (QED) is 0.236. The molecule has 0 amide bonds. The number of anilines is 2. The average Bonchev–Trinajstić information content (AvgIpc) is 2.75. The van der Waals surface area contributed by atoms with Crippen LogP contribution in [0.15, 0.2) is 54.7 Å². The first-order chi connectivity index (χ1) is 14.7. The topological polar surface area (TPSA) is 83.4 Å². The lowest BCUT2D eigenvalue weighted by molar-refractivity contribution is -0.141. The molecule has 3 aromatic rings. The maximum Gasteiger partial charge on any atom is 0.433 e. The molecule has 1 unspecified atom stereocenters. The highest BCUT2D eigenvalue weighted by atomic mass is 127. The van der Waals surface area contributed by atoms with Crippen LogP contribution in [0.4, 0.5) is 24.5 Å². The summed E-state index contributed by atoms with van der Waals surface area (Å²) in [7, 11) is 1.53. The molecule has 0 aliphatic heterocycles. The number of aromatic nitrogens is 1. The summed E-state index contributed by atoms with van der Waals surface area (Å²) in [5.74, 6) is 1.08. The molecule has 1 heterocycles. The van der Waals surface area contributed by atoms with E-state index in [4.69, 9.17) is 20.9 Å². The van der Waals surface area contributed by atoms with Crippen LogP contribution in [0.25, 0.3) is 0 Å². The van der Waals surface area contributed by atoms with Crippen molar-refractivity contribution in [2.45, 2.75) is 18.7 Å². The highest BCUT2D eigenvalue weighted by Gasteiger charge is 2.32. The van der Waals surface area contributed by atoms with E-state index in [1.807, 2.05) is 24.3 Å². The first kappa shape index (κ1) is 23.0. The predicted octanol–water partition coefficient (Wildman–Crippen LogP) is 5.42. The van der Waals surface area contributed by atoms with Crippen LogP contribution < -0.4 is 20.9 Å². The summed E-state index contributed by atoms with van der Waals surface area (Å²) in [6.45, 7) is 0.0606. The van der Waals surface area contributed by atoms with Crippen molar-refractivity contribution in [1.82, 2.24) is 4.98 Å². The van der Waals surface area contributed by atoms with E-state index >= 15 is 0 Å². The van der Waals surface area contributed by atoms with Crippen LogP contribution in [-0.4, -0.2) is 16.5 Å². The zero-order valence-electron chi connectivity index (χ0n) is 16.6. The molecular formula is C22H21F3IN3O2. The Labute approximate surface area is 191 Å². The minimum Gasteiger partial charge on any atom is -0.493 e. The molecule has 5 nitrogen and oxygen atoms in total. The Kier molecular flexibility index (Phi) is 7.14. The number of alkyl halides is 4. The number of hydrogen-bond acceptors (Lipinski definition) is 5. The predicted molar refractivity (Wildman–Crippen MR) is 123 cm³/mol. The number of methoxy groups -OCH3 is 1. The second-order valence-electron chi connectivity index (χ2n) is 6.84. The van der Waals surface area contributed by atoms with Gasteiger partial charge in [0.25, 0.3) is 0 Å². The molecule has 164 valence electrons. The number of rotatable bonds is 7. The molecule has 0 saturated heterocycles. The first-order valence-electron chi connectivity index (χ1n) is 9.26. The molecule has 1 atom stereocenters. The van der Waals surface area contributed by atoms with Crippen LogP contribution in [0.1, 0.15) is 28.3 Å². The van der Waals surface area contributed by atoms with Crippen LogP contribution in [0, 0.1) is 0 Å². The molecule has 0 aliphatic carbocycles. The van der Waals surface area contributed by atoms with Crippen molar-refractivity contribution in [3.05, 3.63) is 77.1 Å². The normalized spacial score (nSPS) is 12.4. The van der Waals surface area contributed by atoms with Gasteiger partial charge in [-0.05, 0) is 41.5 Å². The summed E-state index contributed by atoms with van der Waals surface area (Å²) in [6.07, 6.45) is -3.32. The Morgan fingerprint density at radius 1 is 0.968 bits per heavy atom. The van der Waals surface area contributed by atoms with E-state index in [0.29, 0.717) is 28.4 Å². The van der Waals surface area contributed by atoms with Gasteiger partial charge in [-0.1, -0.05) is 40.8 Å². The molecule has 0 aliphatic rings. The summed E-state index contributed by atoms with van der Waals surface area (Å²) in [6, 6.07) is 13.5. The van der Waals surface area contributed by atoms with E-state index in [2.05, 4.69) is 27.6 Å². The van der Waals surface area contributed by atoms with Crippen molar-refractivity contribution < 1.29 is 22.6 Å². The first-order valence-corrected chi connectivity index (χ1v) is 10.8. The zero-order chi connectivity index (χ0) is 22.6. The van der Waals surface area contributed by atoms with E-state index in [1.165, 1.54) is 13.2 Å². The highest BCUT2D eigenvalue weighted by Crippen LogP contribution is 2.36. The molecule has 0 spiro atoms. The van der Waals surface area contributed by atoms with Crippen molar-refractivity contribution in [2.24, 2.45) is 0 Å². The highest BCUT2D eigenvalue weighted by molar-refractivity contribution is 14.1. The van der Waals surface area contributed by atoms with Crippen LogP contribution in [0.5, 0.6) is 11.5 Å². The van der Waals surface area contributed by atoms with Crippen molar-refractivity contribution in [1.29, 1.82) is 0 Å². The third kappa shape index (κ3) is 5.52. The van der Waals surface area contributed by atoms with Crippen LogP contribution in [0.3, 0.4) is 0 Å². The maximum atomic E-state index is 12.6. The van der Waals surface area contributed by atoms with Crippen LogP contribution in [0.2, 0.25) is 0 Å². The summed E-state index contributed by atoms with van der Waals surface area (Å²) in [5.41, 5.74) is 14.5. The van der Waals surface area contributed by atoms with Crippen molar-refractivity contribution in [3.8, 4) is 11.5 Å². The lowest BCUT2D eigenvalue weighted by Crippen LogP contribution is -2.08. The van der Waals surface area contributed by atoms with Gasteiger partial charge in [0.05, 0.1) is 18.5 Å². The second kappa shape index (κ2) is 9.63. The molecule has 9 heteroatoms. The number of halogens is 4. The molecular weight excluding hydrogens is 522 g/mol. The Morgan fingerprint density at radius 3 is 2.26 bits per heavy atom. The summed E-state index contributed by atoms with van der Waals surface area (Å²) in [4.78, 5) is 3.44. The second-order valence-corrected chi connectivity index (χ2v) is 7.72. The SMILES string of the molecule is COc1cc(C(CI)c2ccc(N)c(N)c2)ccc1OCc1ccc(C(F)(F)F)nc1. The Morgan fingerprint density at radius 2 is 1.68 bits per heavy atom. The standard InChI is InChI=1S/C22H21F3IN3O2/c1-30-20-9-15(16(10-26)14-3-5-17(27)18(28)8-14)4-6-19(20)31-12-13-2-7-21(29-11-13)22(23,24)25/h2-9,11,16H,10,12,27-28H2,1H3. The van der Waals surface area contributed by atoms with Crippen LogP contribution in [-0.2, 0) is 12.8 Å². The van der Waals surface area contributed by atoms with Crippen molar-refractivity contribution in [2.75, 3.05) is 23.0 Å². The minimum absolute atomic E-state index is 0.0606. The van der Waals surface area contributed by atoms with Gasteiger partial charge in [0, 0.05) is 22.1 Å². The van der Waals surface area contributed by atoms with E-state index in [-0.39, 0.29) is 12.5 Å². The molecule has 0 bridgehead atoms. The molecule has 1 aromatic heterocycles. The third-order valence-electron chi connectivity index (χ3n) is 4.77. The van der Waals surface area contributed by atoms with E-state index in [9.17, 15) is 13.2 Å². The molecule has 0 radical (unpaired) electrons. The van der Waals surface area contributed by atoms with Gasteiger partial charge in [-0.25, -0.2) is 0 Å². The summed E-state index contributed by atoms with van der Waals surface area (Å²) >= 11 is 2.31. The smallest absolute Gasteiger partial charge is 0.433 e. The van der Waals surface area contributed by atoms with E-state index < -0.39 is 11.9 Å². The lowest BCUT2D eigenvalue weighted by atomic mass is 9.92. The van der Waals surface area contributed by atoms with E-state index in [0.717, 1.165) is 27.8 Å². The lowest BCUT2D eigenvalue weighted by Gasteiger charge is -2.19. The Hall–Kier alpha value is -2.69. The molecule has 0 saturated carbocycles. The fourth-order valence-electron chi connectivity index (χ4n) is 3.04. The number of nitrogens with zero attached hydrogens (tertiary/aromatic N) is 1. The monoisotopic (exact) mass is 543 g/mol. The van der Waals surface area contributed by atoms with Crippen LogP contribution >= 0.6 is 22.6 Å². The number of benzene rings is 2. The van der Waals surface area contributed by atoms with E-state index in [1.54, 1.807) is 12.1 Å². The minimum atomic E-state index is -4.47. The Bertz CT molecular complexity index is 1040. The molecule has 2 aromatic carbocycles. The van der Waals surface area contributed by atoms with Gasteiger partial charge in [-0.2, -0.15) is 13.2 Å². The Balaban J connectivity index is 1.78. The van der Waals surface area contributed by atoms with Gasteiger partial charge >= 0.3 is 6.18 Å². The van der Waals surface area contributed by atoms with Gasteiger partial charge in [0.1, 0.15) is 12.3 Å². The van der Waals surface area contributed by atoms with Crippen molar-refractivity contribution >= 4 is 34.0 Å². The molecule has 0 fully saturated rings. The largest absolute Gasteiger partial charge is 0.493 e. The average molecular weight is 543 g/mol. The fourth-order valence-corrected chi connectivity index (χ4v) is 4.06. The number of pyridine rings is 1. The van der Waals surface area contributed by atoms with Gasteiger partial charge < -0.3 is 20.9 Å². The summed E-state index contributed by atoms with van der Waals surface area (Å²) < 4.78 is 50.0. The summed E-state index contributed by atoms with van der Waals surface area (Å²) in [5, 5.41) is 0. The zero-order valence-corrected chi connectivity index (χ0v) is 18.8. The number of hydrogen-bond donors (Lipinski definition) is 2. The van der Waals surface area contributed by atoms with Gasteiger partial charge in [-0.3, -0.25) is 4.98 Å². The molecule has 4 N–H and O–H groups in total. The number of nitrogen functional groups attached to an aromatic ring is 2. The fraction of sp³-hybridized carbons (Fsp3) is 0.227. The van der Waals surface area contributed by atoms with Gasteiger partial charge in [-0.15, -0.1) is 0 Å². The third-order valence-corrected chi connectivity index (χ3v) is 5.65. The maximum absolute atomic E-state index is 12.6. The van der Waals surface area contributed by atoms with Gasteiger partial charge in [0.15, 0.2) is 11.5 Å². The molecule has 3 rings (SSSR count). The number of nitrogens with two attached hydrogens (primary N) is 2. The number of ether oxygens (including phenoxy) is 2.